The van der Waals surface area contributed by atoms with Crippen LogP contribution in [-0.2, 0) is 0 Å². The zero-order valence-electron chi connectivity index (χ0n) is 8.55. The van der Waals surface area contributed by atoms with Gasteiger partial charge in [0.2, 0.25) is 0 Å². The van der Waals surface area contributed by atoms with Crippen molar-refractivity contribution in [2.75, 3.05) is 13.2 Å². The van der Waals surface area contributed by atoms with Gasteiger partial charge < -0.3 is 10.4 Å². The summed E-state index contributed by atoms with van der Waals surface area (Å²) in [6.45, 7) is 3.84. The van der Waals surface area contributed by atoms with Crippen LogP contribution in [0.3, 0.4) is 0 Å². The Morgan fingerprint density at radius 3 is 3.00 bits per heavy atom. The highest BCUT2D eigenvalue weighted by atomic mass is 16.3. The SMILES string of the molecule is CC[C@@]12CCC[C@H](CO)[C@@H]1NCC2. The maximum atomic E-state index is 9.31. The van der Waals surface area contributed by atoms with E-state index in [1.54, 1.807) is 0 Å². The predicted octanol–water partition coefficient (Wildman–Crippen LogP) is 1.54. The van der Waals surface area contributed by atoms with E-state index < -0.39 is 0 Å². The molecule has 0 bridgehead atoms. The van der Waals surface area contributed by atoms with E-state index in [9.17, 15) is 5.11 Å². The maximum Gasteiger partial charge on any atom is 0.0474 e. The minimum atomic E-state index is 0.374. The van der Waals surface area contributed by atoms with Gasteiger partial charge >= 0.3 is 0 Å². The smallest absolute Gasteiger partial charge is 0.0474 e. The lowest BCUT2D eigenvalue weighted by molar-refractivity contribution is 0.0710. The van der Waals surface area contributed by atoms with Crippen molar-refractivity contribution in [3.05, 3.63) is 0 Å². The quantitative estimate of drug-likeness (QED) is 0.680. The molecule has 0 aromatic carbocycles. The molecule has 3 atom stereocenters. The Labute approximate surface area is 80.7 Å². The van der Waals surface area contributed by atoms with E-state index in [2.05, 4.69) is 12.2 Å². The Hall–Kier alpha value is -0.0800. The van der Waals surface area contributed by atoms with Gasteiger partial charge in [-0.3, -0.25) is 0 Å². The first-order valence-corrected chi connectivity index (χ1v) is 5.66. The van der Waals surface area contributed by atoms with Gasteiger partial charge in [-0.05, 0) is 43.6 Å². The molecule has 2 heteroatoms. The number of nitrogens with one attached hydrogen (secondary N) is 1. The molecule has 1 aliphatic carbocycles. The molecule has 2 fully saturated rings. The van der Waals surface area contributed by atoms with E-state index >= 15 is 0 Å². The van der Waals surface area contributed by atoms with Crippen molar-refractivity contribution in [3.63, 3.8) is 0 Å². The molecule has 0 aromatic heterocycles. The van der Waals surface area contributed by atoms with Crippen molar-refractivity contribution in [2.45, 2.75) is 45.1 Å². The van der Waals surface area contributed by atoms with Crippen LogP contribution in [0.1, 0.15) is 39.0 Å². The Morgan fingerprint density at radius 2 is 2.31 bits per heavy atom. The highest BCUT2D eigenvalue weighted by Gasteiger charge is 2.46. The molecular weight excluding hydrogens is 162 g/mol. The van der Waals surface area contributed by atoms with Crippen LogP contribution in [0.5, 0.6) is 0 Å². The first kappa shape index (κ1) is 9.47. The lowest BCUT2D eigenvalue weighted by Crippen LogP contribution is -2.46. The minimum absolute atomic E-state index is 0.374. The molecule has 0 radical (unpaired) electrons. The van der Waals surface area contributed by atoms with Crippen molar-refractivity contribution < 1.29 is 5.11 Å². The molecule has 1 aliphatic heterocycles. The molecule has 0 unspecified atom stereocenters. The summed E-state index contributed by atoms with van der Waals surface area (Å²) in [7, 11) is 0. The van der Waals surface area contributed by atoms with Crippen LogP contribution in [0.2, 0.25) is 0 Å². The van der Waals surface area contributed by atoms with Crippen molar-refractivity contribution in [2.24, 2.45) is 11.3 Å². The van der Waals surface area contributed by atoms with Crippen LogP contribution in [0.4, 0.5) is 0 Å². The van der Waals surface area contributed by atoms with Crippen LogP contribution < -0.4 is 5.32 Å². The van der Waals surface area contributed by atoms with Gasteiger partial charge in [-0.2, -0.15) is 0 Å². The number of fused-ring (bicyclic) bond motifs is 1. The van der Waals surface area contributed by atoms with Crippen LogP contribution in [0, 0.1) is 11.3 Å². The Kier molecular flexibility index (Phi) is 2.61. The zero-order valence-corrected chi connectivity index (χ0v) is 8.55. The fourth-order valence-corrected chi connectivity index (χ4v) is 3.45. The minimum Gasteiger partial charge on any atom is -0.396 e. The molecule has 1 heterocycles. The second kappa shape index (κ2) is 3.58. The molecule has 1 saturated carbocycles. The lowest BCUT2D eigenvalue weighted by Gasteiger charge is -2.43. The fourth-order valence-electron chi connectivity index (χ4n) is 3.45. The van der Waals surface area contributed by atoms with Gasteiger partial charge in [0.05, 0.1) is 0 Å². The van der Waals surface area contributed by atoms with Gasteiger partial charge in [0.15, 0.2) is 0 Å². The summed E-state index contributed by atoms with van der Waals surface area (Å²) in [5.74, 6) is 0.524. The fraction of sp³-hybridized carbons (Fsp3) is 1.00. The first-order valence-electron chi connectivity index (χ1n) is 5.66. The predicted molar refractivity (Wildman–Crippen MR) is 53.6 cm³/mol. The van der Waals surface area contributed by atoms with E-state index in [1.165, 1.54) is 32.1 Å². The lowest BCUT2D eigenvalue weighted by atomic mass is 9.65. The molecule has 2 nitrogen and oxygen atoms in total. The highest BCUT2D eigenvalue weighted by molar-refractivity contribution is 5.02. The average Bonchev–Trinajstić information content (AvgIpc) is 2.61. The molecular formula is C11H21NO. The van der Waals surface area contributed by atoms with E-state index in [4.69, 9.17) is 0 Å². The van der Waals surface area contributed by atoms with Crippen LogP contribution in [0.25, 0.3) is 0 Å². The summed E-state index contributed by atoms with van der Waals surface area (Å²) >= 11 is 0. The van der Waals surface area contributed by atoms with E-state index in [0.29, 0.717) is 24.0 Å². The molecule has 1 saturated heterocycles. The Balaban J connectivity index is 2.15. The zero-order chi connectivity index (χ0) is 9.31. The average molecular weight is 183 g/mol. The second-order valence-electron chi connectivity index (χ2n) is 4.73. The summed E-state index contributed by atoms with van der Waals surface area (Å²) < 4.78 is 0. The Morgan fingerprint density at radius 1 is 1.46 bits per heavy atom. The summed E-state index contributed by atoms with van der Waals surface area (Å²) in [4.78, 5) is 0. The van der Waals surface area contributed by atoms with Crippen LogP contribution in [-0.4, -0.2) is 24.3 Å². The third-order valence-corrected chi connectivity index (χ3v) is 4.31. The maximum absolute atomic E-state index is 9.31. The number of hydrogen-bond donors (Lipinski definition) is 2. The van der Waals surface area contributed by atoms with Crippen molar-refractivity contribution in [3.8, 4) is 0 Å². The van der Waals surface area contributed by atoms with Gasteiger partial charge in [0, 0.05) is 12.6 Å². The molecule has 0 spiro atoms. The van der Waals surface area contributed by atoms with E-state index in [1.807, 2.05) is 0 Å². The number of hydrogen-bond acceptors (Lipinski definition) is 2. The van der Waals surface area contributed by atoms with Gasteiger partial charge in [-0.25, -0.2) is 0 Å². The number of aliphatic hydroxyl groups excluding tert-OH is 1. The summed E-state index contributed by atoms with van der Waals surface area (Å²) in [6.07, 6.45) is 6.51. The third kappa shape index (κ3) is 1.40. The van der Waals surface area contributed by atoms with Crippen molar-refractivity contribution >= 4 is 0 Å². The summed E-state index contributed by atoms with van der Waals surface area (Å²) in [6, 6.07) is 0.608. The third-order valence-electron chi connectivity index (χ3n) is 4.31. The molecule has 0 aromatic rings. The van der Waals surface area contributed by atoms with Crippen molar-refractivity contribution in [1.29, 1.82) is 0 Å². The summed E-state index contributed by atoms with van der Waals surface area (Å²) in [5, 5.41) is 12.9. The number of rotatable bonds is 2. The highest BCUT2D eigenvalue weighted by Crippen LogP contribution is 2.47. The van der Waals surface area contributed by atoms with Gasteiger partial charge in [-0.15, -0.1) is 0 Å². The van der Waals surface area contributed by atoms with E-state index in [-0.39, 0.29) is 0 Å². The van der Waals surface area contributed by atoms with Crippen LogP contribution in [0.15, 0.2) is 0 Å². The van der Waals surface area contributed by atoms with Crippen molar-refractivity contribution in [1.82, 2.24) is 5.32 Å². The summed E-state index contributed by atoms with van der Waals surface area (Å²) in [5.41, 5.74) is 0.533. The molecule has 2 aliphatic rings. The monoisotopic (exact) mass is 183 g/mol. The first-order chi connectivity index (χ1) is 6.32. The molecule has 0 amide bonds. The largest absolute Gasteiger partial charge is 0.396 e. The Bertz CT molecular complexity index is 183. The van der Waals surface area contributed by atoms with Gasteiger partial charge in [0.25, 0.3) is 0 Å². The topological polar surface area (TPSA) is 32.3 Å². The molecule has 76 valence electrons. The normalized spacial score (nSPS) is 44.8. The van der Waals surface area contributed by atoms with E-state index in [0.717, 1.165) is 6.54 Å². The number of aliphatic hydroxyl groups is 1. The molecule has 2 N–H and O–H groups in total. The molecule has 13 heavy (non-hydrogen) atoms. The van der Waals surface area contributed by atoms with Gasteiger partial charge in [-0.1, -0.05) is 13.3 Å². The second-order valence-corrected chi connectivity index (χ2v) is 4.73. The van der Waals surface area contributed by atoms with Crippen LogP contribution >= 0.6 is 0 Å². The molecule has 2 rings (SSSR count). The standard InChI is InChI=1S/C11H21NO/c1-2-11-5-3-4-9(8-13)10(11)12-7-6-11/h9-10,12-13H,2-8H2,1H3/t9-,10+,11+/m1/s1. The van der Waals surface area contributed by atoms with Gasteiger partial charge in [0.1, 0.15) is 0 Å².